The van der Waals surface area contributed by atoms with Crippen molar-refractivity contribution in [2.24, 2.45) is 52.7 Å². The summed E-state index contributed by atoms with van der Waals surface area (Å²) in [5.41, 5.74) is 11.4. The van der Waals surface area contributed by atoms with E-state index in [-0.39, 0.29) is 78.8 Å². The molecule has 506 valence electrons. The minimum Gasteiger partial charge on any atom is -0.336 e. The summed E-state index contributed by atoms with van der Waals surface area (Å²) in [6.07, 6.45) is 7.68. The molecule has 6 aromatic heterocycles. The maximum absolute atomic E-state index is 11.5. The molecule has 0 aliphatic carbocycles. The van der Waals surface area contributed by atoms with E-state index in [4.69, 9.17) is 0 Å². The summed E-state index contributed by atoms with van der Waals surface area (Å²) in [7, 11) is 12.5. The Hall–Kier alpha value is -7.63. The predicted molar refractivity (Wildman–Crippen MR) is 382 cm³/mol. The summed E-state index contributed by atoms with van der Waals surface area (Å²) < 4.78 is 9.40. The van der Waals surface area contributed by atoms with Crippen LogP contribution in [-0.2, 0) is 74.8 Å². The van der Waals surface area contributed by atoms with Gasteiger partial charge in [0.1, 0.15) is 17.3 Å². The first-order chi connectivity index (χ1) is 40.3. The molecule has 0 bridgehead atoms. The molecule has 0 fully saturated rings. The quantitative estimate of drug-likeness (QED) is 0.140. The maximum atomic E-state index is 11.5. The van der Waals surface area contributed by atoms with Crippen LogP contribution in [0.1, 0.15) is 221 Å². The topological polar surface area (TPSA) is 199 Å². The van der Waals surface area contributed by atoms with E-state index in [1.807, 2.05) is 119 Å². The lowest BCUT2D eigenvalue weighted by Gasteiger charge is -2.26. The van der Waals surface area contributed by atoms with Gasteiger partial charge in [-0.1, -0.05) is 159 Å². The largest absolute Gasteiger partial charge is 0.347 e. The molecule has 0 aromatic carbocycles. The zero-order valence-corrected chi connectivity index (χ0v) is 61.8. The molecule has 91 heavy (non-hydrogen) atoms. The van der Waals surface area contributed by atoms with E-state index in [1.54, 1.807) is 90.4 Å². The van der Waals surface area contributed by atoms with Crippen LogP contribution in [-0.4, -0.2) is 65.7 Å². The van der Waals surface area contributed by atoms with Crippen LogP contribution in [0.2, 0.25) is 0 Å². The molecule has 0 atom stereocenters. The van der Waals surface area contributed by atoms with Gasteiger partial charge in [-0.25, -0.2) is 19.5 Å². The monoisotopic (exact) mass is 1260 g/mol. The first-order valence-corrected chi connectivity index (χ1v) is 30.6. The van der Waals surface area contributed by atoms with Gasteiger partial charge in [0.2, 0.25) is 0 Å². The number of hydrogen-bond donors (Lipinski definition) is 0. The van der Waals surface area contributed by atoms with Crippen molar-refractivity contribution in [1.29, 1.82) is 0 Å². The highest BCUT2D eigenvalue weighted by Gasteiger charge is 2.22. The van der Waals surface area contributed by atoms with Gasteiger partial charge in [0, 0.05) is 130 Å². The molecule has 0 saturated heterocycles. The van der Waals surface area contributed by atoms with E-state index in [0.717, 1.165) is 62.5 Å². The Morgan fingerprint density at radius 3 is 1.23 bits per heavy atom. The molecule has 6 aromatic rings. The number of nitrogens with zero attached hydrogens (tertiary/aromatic N) is 12. The highest BCUT2D eigenvalue weighted by Crippen LogP contribution is 2.28. The first kappa shape index (κ1) is 83.4. The molecule has 0 N–H and O–H groups in total. The van der Waals surface area contributed by atoms with Crippen molar-refractivity contribution in [3.63, 3.8) is 0 Å². The molecular formula is C73H118N12O6. The zero-order valence-electron chi connectivity index (χ0n) is 61.8. The Morgan fingerprint density at radius 1 is 0.407 bits per heavy atom. The van der Waals surface area contributed by atoms with E-state index in [2.05, 4.69) is 148 Å². The number of allylic oxidation sites excluding steroid dienone is 1. The fraction of sp³-hybridized carbons (Fsp3) is 0.575. The predicted octanol–water partition coefficient (Wildman–Crippen LogP) is 12.6. The first-order valence-electron chi connectivity index (χ1n) is 30.6. The Labute approximate surface area is 546 Å². The molecular weight excluding hydrogens is 1140 g/mol. The van der Waals surface area contributed by atoms with Crippen molar-refractivity contribution in [2.45, 2.75) is 227 Å². The molecule has 1 aliphatic rings. The average Bonchev–Trinajstić information content (AvgIpc) is 1.30. The van der Waals surface area contributed by atoms with E-state index in [9.17, 15) is 28.8 Å². The van der Waals surface area contributed by atoms with E-state index in [1.165, 1.54) is 15.8 Å². The van der Waals surface area contributed by atoms with Gasteiger partial charge in [-0.05, 0) is 98.8 Å². The fourth-order valence-corrected chi connectivity index (χ4v) is 7.75. The van der Waals surface area contributed by atoms with Crippen molar-refractivity contribution in [1.82, 2.24) is 52.5 Å². The van der Waals surface area contributed by atoms with Crippen LogP contribution in [0.15, 0.2) is 107 Å². The normalized spacial score (nSPS) is 12.5. The Morgan fingerprint density at radius 2 is 0.846 bits per heavy atom. The van der Waals surface area contributed by atoms with Crippen LogP contribution >= 0.6 is 0 Å². The minimum absolute atomic E-state index is 0. The molecule has 18 heteroatoms. The van der Waals surface area contributed by atoms with Gasteiger partial charge >= 0.3 is 5.69 Å². The third-order valence-corrected chi connectivity index (χ3v) is 14.8. The van der Waals surface area contributed by atoms with Gasteiger partial charge in [-0.15, -0.1) is 0 Å². The van der Waals surface area contributed by atoms with Gasteiger partial charge in [-0.2, -0.15) is 10.1 Å². The van der Waals surface area contributed by atoms with Crippen molar-refractivity contribution >= 4 is 6.21 Å². The zero-order chi connectivity index (χ0) is 70.7. The number of aromatic nitrogens is 10. The van der Waals surface area contributed by atoms with E-state index >= 15 is 0 Å². The van der Waals surface area contributed by atoms with Crippen molar-refractivity contribution in [3.05, 3.63) is 203 Å². The minimum atomic E-state index is -0.176. The lowest BCUT2D eigenvalue weighted by Crippen LogP contribution is -2.27. The number of pyridine rings is 2. The molecule has 0 unspecified atom stereocenters. The van der Waals surface area contributed by atoms with Gasteiger partial charge in [-0.3, -0.25) is 33.5 Å². The lowest BCUT2D eigenvalue weighted by atomic mass is 9.87. The second-order valence-electron chi connectivity index (χ2n) is 30.7. The molecule has 18 nitrogen and oxygen atoms in total. The smallest absolute Gasteiger partial charge is 0.336 e. The fourth-order valence-electron chi connectivity index (χ4n) is 7.75. The van der Waals surface area contributed by atoms with Crippen LogP contribution in [0.4, 0.5) is 0 Å². The van der Waals surface area contributed by atoms with Crippen LogP contribution in [0.3, 0.4) is 0 Å². The van der Waals surface area contributed by atoms with Gasteiger partial charge in [0.25, 0.3) is 27.8 Å². The SMILES string of the molecule is C.C=C1N=CC(C(C)(C)C)=CN1C.Cc1cc(C(C)(C)C)cc(=O)n1C.Cc1cc(C(C)(C)C)cn(C)c1=O.Cc1cc(C(C)(C)C)nc(=O)n1C.Cc1cc(C(C)(C)C)nn(C)c1=O.Cc1nc(C(C)(C)C)cc(=O)n1C.Cc1nc(C(C)(C)C)cn(C)c1=O. The summed E-state index contributed by atoms with van der Waals surface area (Å²) in [5, 5.41) is 4.21. The highest BCUT2D eigenvalue weighted by molar-refractivity contribution is 5.81. The summed E-state index contributed by atoms with van der Waals surface area (Å²) in [6, 6.07) is 11.2. The van der Waals surface area contributed by atoms with Crippen molar-refractivity contribution in [3.8, 4) is 0 Å². The highest BCUT2D eigenvalue weighted by atomic mass is 16.2. The summed E-state index contributed by atoms with van der Waals surface area (Å²) in [4.78, 5) is 87.2. The van der Waals surface area contributed by atoms with Crippen LogP contribution in [0, 0.1) is 47.0 Å². The summed E-state index contributed by atoms with van der Waals surface area (Å²) in [6.45, 7) is 59.0. The van der Waals surface area contributed by atoms with Crippen LogP contribution in [0.25, 0.3) is 0 Å². The molecule has 7 heterocycles. The second kappa shape index (κ2) is 32.1. The summed E-state index contributed by atoms with van der Waals surface area (Å²) >= 11 is 0. The number of rotatable bonds is 0. The Balaban J connectivity index is 0.00000104. The van der Waals surface area contributed by atoms with Crippen molar-refractivity contribution < 1.29 is 0 Å². The second-order valence-corrected chi connectivity index (χ2v) is 30.7. The Kier molecular flexibility index (Phi) is 29.4. The van der Waals surface area contributed by atoms with E-state index in [0.29, 0.717) is 5.69 Å². The molecule has 0 spiro atoms. The third kappa shape index (κ3) is 25.9. The lowest BCUT2D eigenvalue weighted by molar-refractivity contribution is 0.485. The molecule has 7 rings (SSSR count). The summed E-state index contributed by atoms with van der Waals surface area (Å²) in [5.74, 6) is 1.56. The molecule has 1 aliphatic heterocycles. The molecule has 0 saturated carbocycles. The number of aliphatic imine (C=N–C) groups is 1. The molecule has 0 radical (unpaired) electrons. The average molecular weight is 1260 g/mol. The maximum Gasteiger partial charge on any atom is 0.347 e. The number of hydrogen-bond acceptors (Lipinski definition) is 12. The third-order valence-electron chi connectivity index (χ3n) is 14.8. The van der Waals surface area contributed by atoms with E-state index < -0.39 is 0 Å². The Bertz CT molecular complexity index is 3470. The standard InChI is InChI=1S/2C11H17NO.4C10H16N2O.C10H16N2.CH4/c1-8-6-9(11(2,3)4)7-12(5)10(8)13;1-8-6-9(11(2,3)4)7-10(13)12(8)5;1-7-9(13)12(5)6-8(11-7)10(2,3)4;1-7-11-8(10(2,3)4)6-9(13)12(7)5;1-7-6-8(10(2,3)4)11-9(13)12(7)5;1-7-6-8(10(2,3)4)11-12(5)9(7)13;1-8-11-6-9(7-12(8)5)10(2,3)4;/h2*6-7H,1-5H3;4*6H,1-5H3;6-7H,1H2,2-5H3;1H4. The van der Waals surface area contributed by atoms with Crippen LogP contribution < -0.4 is 33.5 Å². The molecule has 0 amide bonds. The van der Waals surface area contributed by atoms with Crippen LogP contribution in [0.5, 0.6) is 0 Å². The van der Waals surface area contributed by atoms with Gasteiger partial charge in [0.15, 0.2) is 0 Å². The van der Waals surface area contributed by atoms with Gasteiger partial charge in [0.05, 0.1) is 22.8 Å². The number of aryl methyl sites for hydroxylation is 9. The van der Waals surface area contributed by atoms with Gasteiger partial charge < -0.3 is 23.2 Å². The van der Waals surface area contributed by atoms with Crippen molar-refractivity contribution in [2.75, 3.05) is 7.05 Å².